The van der Waals surface area contributed by atoms with Gasteiger partial charge in [-0.1, -0.05) is 52.7 Å². The minimum Gasteiger partial charge on any atom is -0.461 e. The Morgan fingerprint density at radius 3 is 1.55 bits per heavy atom. The van der Waals surface area contributed by atoms with Gasteiger partial charge in [-0.25, -0.2) is 0 Å². The predicted octanol–water partition coefficient (Wildman–Crippen LogP) is 2.92. The standard InChI is InChI=1S/C34H60N4O13.C15H22N2O3.C2H6/c1-28(2)33(34(35)43)36-29(39)27-37(30(40)7-5-4-6-10-38-31(41)8-9-32(38)42)11-12-45-15-16-47-19-20-49-23-24-51-26-25-50-22-21-48-18-17-46-14-13-44-3;1-12(18)20-11-13-6-8-14(9-7-13)17-15(19)5-3-2-4-10-16;1-2/h8-9,28,33H,4-7,10-27H2,1-3H3,(H2,35,43)(H,36,39);6-9H,2-5,10-11,16H2,1H3,(H,17,19);1-2H3. The minimum absolute atomic E-state index is 0.00903. The number of nitrogens with zero attached hydrogens (tertiary/aromatic N) is 2. The summed E-state index contributed by atoms with van der Waals surface area (Å²) in [4.78, 5) is 85.7. The van der Waals surface area contributed by atoms with E-state index in [4.69, 9.17) is 54.1 Å². The number of carbonyl (C=O) groups excluding carboxylic acids is 7. The summed E-state index contributed by atoms with van der Waals surface area (Å²) in [5.74, 6) is -2.59. The first-order valence-corrected chi connectivity index (χ1v) is 25.4. The summed E-state index contributed by atoms with van der Waals surface area (Å²) in [6, 6.07) is 6.40. The van der Waals surface area contributed by atoms with E-state index < -0.39 is 17.9 Å². The van der Waals surface area contributed by atoms with E-state index >= 15 is 0 Å². The van der Waals surface area contributed by atoms with Crippen LogP contribution >= 0.6 is 0 Å². The van der Waals surface area contributed by atoms with Gasteiger partial charge in [-0.15, -0.1) is 0 Å². The Bertz CT molecular complexity index is 1650. The van der Waals surface area contributed by atoms with Crippen LogP contribution in [0.15, 0.2) is 36.4 Å². The molecule has 0 aliphatic carbocycles. The van der Waals surface area contributed by atoms with Crippen molar-refractivity contribution in [2.75, 3.05) is 138 Å². The minimum atomic E-state index is -0.858. The van der Waals surface area contributed by atoms with Crippen LogP contribution in [0.3, 0.4) is 0 Å². The molecule has 1 aromatic rings. The van der Waals surface area contributed by atoms with Crippen LogP contribution in [0.2, 0.25) is 0 Å². The van der Waals surface area contributed by atoms with Gasteiger partial charge in [0.1, 0.15) is 12.6 Å². The first kappa shape index (κ1) is 68.1. The molecule has 0 radical (unpaired) electrons. The number of carbonyl (C=O) groups is 7. The van der Waals surface area contributed by atoms with Gasteiger partial charge in [0.05, 0.1) is 106 Å². The maximum Gasteiger partial charge on any atom is 0.302 e. The van der Waals surface area contributed by atoms with Gasteiger partial charge in [-0.05, 0) is 55.8 Å². The maximum atomic E-state index is 13.0. The maximum absolute atomic E-state index is 13.0. The topological polar surface area (TPSA) is 285 Å². The normalized spacial score (nSPS) is 12.2. The Labute approximate surface area is 433 Å². The highest BCUT2D eigenvalue weighted by Gasteiger charge is 2.25. The highest BCUT2D eigenvalue weighted by Crippen LogP contribution is 2.13. The smallest absolute Gasteiger partial charge is 0.302 e. The number of methoxy groups -OCH3 is 1. The molecule has 0 bridgehead atoms. The summed E-state index contributed by atoms with van der Waals surface area (Å²) in [6.45, 7) is 16.5. The van der Waals surface area contributed by atoms with Crippen molar-refractivity contribution in [1.29, 1.82) is 0 Å². The number of imide groups is 1. The van der Waals surface area contributed by atoms with Crippen LogP contribution < -0.4 is 22.1 Å². The molecule has 1 unspecified atom stereocenters. The predicted molar refractivity (Wildman–Crippen MR) is 274 cm³/mol. The van der Waals surface area contributed by atoms with E-state index in [2.05, 4.69) is 10.6 Å². The quantitative estimate of drug-likeness (QED) is 0.0416. The van der Waals surface area contributed by atoms with Gasteiger partial charge in [0.15, 0.2) is 0 Å². The van der Waals surface area contributed by atoms with Crippen LogP contribution in [0.1, 0.15) is 91.5 Å². The Kier molecular flexibility index (Phi) is 43.7. The molecule has 0 spiro atoms. The molecule has 2 rings (SSSR count). The number of hydrogen-bond acceptors (Lipinski definition) is 17. The molecule has 6 amide bonds. The van der Waals surface area contributed by atoms with E-state index in [1.54, 1.807) is 33.1 Å². The lowest BCUT2D eigenvalue weighted by atomic mass is 10.0. The largest absolute Gasteiger partial charge is 0.461 e. The van der Waals surface area contributed by atoms with Crippen LogP contribution in [-0.4, -0.2) is 190 Å². The van der Waals surface area contributed by atoms with E-state index in [1.165, 1.54) is 24.0 Å². The van der Waals surface area contributed by atoms with Crippen LogP contribution in [0, 0.1) is 5.92 Å². The Morgan fingerprint density at radius 1 is 0.630 bits per heavy atom. The third-order valence-electron chi connectivity index (χ3n) is 10.1. The SMILES string of the molecule is CC.CC(=O)OCc1ccc(NC(=O)CCCCCN)cc1.COCCOCCOCCOCCOCCOCCOCCOCCN(CC(=O)NC(C(N)=O)C(C)C)C(=O)CCCCCN1C(=O)C=CC1=O. The van der Waals surface area contributed by atoms with E-state index in [9.17, 15) is 33.6 Å². The van der Waals surface area contributed by atoms with Crippen molar-refractivity contribution in [3.63, 3.8) is 0 Å². The zero-order valence-electron chi connectivity index (χ0n) is 44.5. The second kappa shape index (κ2) is 46.8. The number of benzene rings is 1. The lowest BCUT2D eigenvalue weighted by molar-refractivity contribution is -0.142. The summed E-state index contributed by atoms with van der Waals surface area (Å²) < 4.78 is 48.0. The fraction of sp³-hybridized carbons (Fsp3) is 0.706. The summed E-state index contributed by atoms with van der Waals surface area (Å²) in [6.07, 6.45) is 7.63. The molecule has 6 N–H and O–H groups in total. The van der Waals surface area contributed by atoms with Gasteiger partial charge in [-0.3, -0.25) is 38.5 Å². The van der Waals surface area contributed by atoms with Crippen LogP contribution in [-0.2, 0) is 82.8 Å². The summed E-state index contributed by atoms with van der Waals surface area (Å²) in [7, 11) is 1.63. The van der Waals surface area contributed by atoms with Gasteiger partial charge in [0.2, 0.25) is 23.6 Å². The molecule has 1 heterocycles. The molecule has 22 heteroatoms. The number of rotatable bonds is 43. The number of nitrogens with one attached hydrogen (secondary N) is 2. The Balaban J connectivity index is 0.00000195. The van der Waals surface area contributed by atoms with Crippen molar-refractivity contribution in [3.8, 4) is 0 Å². The van der Waals surface area contributed by atoms with Gasteiger partial charge >= 0.3 is 5.97 Å². The number of esters is 1. The zero-order chi connectivity index (χ0) is 54.3. The summed E-state index contributed by atoms with van der Waals surface area (Å²) in [5.41, 5.74) is 12.5. The average Bonchev–Trinajstić information content (AvgIpc) is 3.69. The number of anilines is 1. The Hall–Kier alpha value is -4.91. The molecule has 0 aromatic heterocycles. The molecule has 0 saturated heterocycles. The van der Waals surface area contributed by atoms with E-state index in [0.29, 0.717) is 118 Å². The number of nitrogens with two attached hydrogens (primary N) is 2. The van der Waals surface area contributed by atoms with E-state index in [-0.39, 0.29) is 81.4 Å². The second-order valence-corrected chi connectivity index (χ2v) is 16.4. The second-order valence-electron chi connectivity index (χ2n) is 16.4. The molecule has 1 atom stereocenters. The number of primary amides is 1. The van der Waals surface area contributed by atoms with Gasteiger partial charge in [0.25, 0.3) is 11.8 Å². The highest BCUT2D eigenvalue weighted by atomic mass is 16.6. The van der Waals surface area contributed by atoms with Crippen molar-refractivity contribution < 1.29 is 76.2 Å². The fourth-order valence-corrected chi connectivity index (χ4v) is 6.22. The van der Waals surface area contributed by atoms with Gasteiger partial charge in [-0.2, -0.15) is 0 Å². The molecule has 418 valence electrons. The lowest BCUT2D eigenvalue weighted by Gasteiger charge is -2.25. The lowest BCUT2D eigenvalue weighted by Crippen LogP contribution is -2.51. The fourth-order valence-electron chi connectivity index (χ4n) is 6.22. The molecule has 22 nitrogen and oxygen atoms in total. The molecule has 0 saturated carbocycles. The number of amides is 6. The first-order valence-electron chi connectivity index (χ1n) is 25.4. The third kappa shape index (κ3) is 38.4. The Morgan fingerprint density at radius 2 is 1.10 bits per heavy atom. The van der Waals surface area contributed by atoms with Crippen molar-refractivity contribution in [1.82, 2.24) is 15.1 Å². The summed E-state index contributed by atoms with van der Waals surface area (Å²) >= 11 is 0. The van der Waals surface area contributed by atoms with Gasteiger partial charge < -0.3 is 69.6 Å². The van der Waals surface area contributed by atoms with Crippen molar-refractivity contribution in [2.24, 2.45) is 17.4 Å². The number of ether oxygens (including phenoxy) is 9. The van der Waals surface area contributed by atoms with Crippen LogP contribution in [0.25, 0.3) is 0 Å². The zero-order valence-corrected chi connectivity index (χ0v) is 44.5. The molecule has 1 aliphatic rings. The van der Waals surface area contributed by atoms with Crippen LogP contribution in [0.5, 0.6) is 0 Å². The first-order chi connectivity index (χ1) is 35.3. The average molecular weight is 1040 g/mol. The summed E-state index contributed by atoms with van der Waals surface area (Å²) in [5, 5.41) is 5.44. The molecular formula is C51H88N6O16. The van der Waals surface area contributed by atoms with Gasteiger partial charge in [0, 0.05) is 57.8 Å². The molecule has 0 fully saturated rings. The monoisotopic (exact) mass is 1040 g/mol. The van der Waals surface area contributed by atoms with Crippen molar-refractivity contribution in [2.45, 2.75) is 98.6 Å². The number of hydrogen-bond donors (Lipinski definition) is 4. The highest BCUT2D eigenvalue weighted by molar-refractivity contribution is 6.12. The molecule has 1 aliphatic heterocycles. The molecule has 73 heavy (non-hydrogen) atoms. The van der Waals surface area contributed by atoms with Crippen molar-refractivity contribution in [3.05, 3.63) is 42.0 Å². The molecule has 1 aromatic carbocycles. The third-order valence-corrected chi connectivity index (χ3v) is 10.1. The van der Waals surface area contributed by atoms with Crippen LogP contribution in [0.4, 0.5) is 5.69 Å². The number of unbranched alkanes of at least 4 members (excludes halogenated alkanes) is 4. The van der Waals surface area contributed by atoms with E-state index in [1.807, 2.05) is 26.0 Å². The van der Waals surface area contributed by atoms with Crippen molar-refractivity contribution >= 4 is 47.1 Å². The van der Waals surface area contributed by atoms with E-state index in [0.717, 1.165) is 35.4 Å². The molecular weight excluding hydrogens is 953 g/mol.